The first-order valence-corrected chi connectivity index (χ1v) is 6.57. The smallest absolute Gasteiger partial charge is 0.305 e. The van der Waals surface area contributed by atoms with Crippen LogP contribution in [0.15, 0.2) is 0 Å². The van der Waals surface area contributed by atoms with Crippen molar-refractivity contribution in [1.29, 1.82) is 0 Å². The Labute approximate surface area is 114 Å². The predicted molar refractivity (Wildman–Crippen MR) is 63.3 cm³/mol. The van der Waals surface area contributed by atoms with Gasteiger partial charge in [0.1, 0.15) is 0 Å². The van der Waals surface area contributed by atoms with Crippen LogP contribution < -0.4 is 5.32 Å². The van der Waals surface area contributed by atoms with Gasteiger partial charge in [-0.1, -0.05) is 0 Å². The van der Waals surface area contributed by atoms with Crippen LogP contribution in [0, 0.1) is 5.92 Å². The second kappa shape index (κ2) is 6.51. The Balaban J connectivity index is 2.61. The standard InChI is InChI=1S/C12H20F6N2/c1-8(2)20-5-9(4-11(13,14)15)3-10(6-20)19-7-12(16,17)18/h8-10,19H,3-7H2,1-2H3. The molecule has 0 aromatic rings. The number of likely N-dealkylation sites (tertiary alicyclic amines) is 1. The molecule has 0 bridgehead atoms. The van der Waals surface area contributed by atoms with Gasteiger partial charge in [-0.2, -0.15) is 26.3 Å². The molecule has 1 N–H and O–H groups in total. The maximum Gasteiger partial charge on any atom is 0.401 e. The van der Waals surface area contributed by atoms with Crippen LogP contribution in [0.3, 0.4) is 0 Å². The number of piperidine rings is 1. The van der Waals surface area contributed by atoms with Gasteiger partial charge in [0.15, 0.2) is 0 Å². The van der Waals surface area contributed by atoms with E-state index in [1.807, 2.05) is 13.8 Å². The van der Waals surface area contributed by atoms with Crippen molar-refractivity contribution < 1.29 is 26.3 Å². The summed E-state index contributed by atoms with van der Waals surface area (Å²) in [4.78, 5) is 1.80. The van der Waals surface area contributed by atoms with E-state index in [-0.39, 0.29) is 19.0 Å². The minimum Gasteiger partial charge on any atom is -0.305 e. The topological polar surface area (TPSA) is 15.3 Å². The lowest BCUT2D eigenvalue weighted by atomic mass is 9.90. The van der Waals surface area contributed by atoms with Crippen LogP contribution in [0.2, 0.25) is 0 Å². The largest absolute Gasteiger partial charge is 0.401 e. The van der Waals surface area contributed by atoms with E-state index in [1.54, 1.807) is 4.90 Å². The van der Waals surface area contributed by atoms with Crippen molar-refractivity contribution in [2.75, 3.05) is 19.6 Å². The third-order valence-corrected chi connectivity index (χ3v) is 3.41. The summed E-state index contributed by atoms with van der Waals surface area (Å²) in [5.74, 6) is -0.656. The van der Waals surface area contributed by atoms with E-state index in [1.165, 1.54) is 0 Å². The Bertz CT molecular complexity index is 299. The fourth-order valence-corrected chi connectivity index (χ4v) is 2.55. The van der Waals surface area contributed by atoms with E-state index in [9.17, 15) is 26.3 Å². The molecule has 20 heavy (non-hydrogen) atoms. The highest BCUT2D eigenvalue weighted by Gasteiger charge is 2.38. The lowest BCUT2D eigenvalue weighted by molar-refractivity contribution is -0.151. The van der Waals surface area contributed by atoms with Crippen molar-refractivity contribution in [3.8, 4) is 0 Å². The van der Waals surface area contributed by atoms with Gasteiger partial charge in [-0.05, 0) is 26.2 Å². The second-order valence-corrected chi connectivity index (χ2v) is 5.66. The lowest BCUT2D eigenvalue weighted by Crippen LogP contribution is -2.53. The Morgan fingerprint density at radius 2 is 1.65 bits per heavy atom. The van der Waals surface area contributed by atoms with Gasteiger partial charge in [0.25, 0.3) is 0 Å². The van der Waals surface area contributed by atoms with Gasteiger partial charge in [0, 0.05) is 31.6 Å². The van der Waals surface area contributed by atoms with E-state index >= 15 is 0 Å². The van der Waals surface area contributed by atoms with Crippen molar-refractivity contribution in [3.05, 3.63) is 0 Å². The van der Waals surface area contributed by atoms with Crippen LogP contribution in [0.5, 0.6) is 0 Å². The van der Waals surface area contributed by atoms with Crippen molar-refractivity contribution in [2.45, 2.75) is 51.1 Å². The average molecular weight is 306 g/mol. The number of halogens is 6. The molecule has 0 radical (unpaired) electrons. The first-order valence-electron chi connectivity index (χ1n) is 6.57. The van der Waals surface area contributed by atoms with Crippen LogP contribution in [0.1, 0.15) is 26.7 Å². The molecule has 0 amide bonds. The molecule has 2 atom stereocenters. The molecule has 0 aromatic heterocycles. The molecule has 1 fully saturated rings. The monoisotopic (exact) mass is 306 g/mol. The van der Waals surface area contributed by atoms with Crippen molar-refractivity contribution in [2.24, 2.45) is 5.92 Å². The van der Waals surface area contributed by atoms with Gasteiger partial charge in [0.05, 0.1) is 6.54 Å². The van der Waals surface area contributed by atoms with Gasteiger partial charge < -0.3 is 5.32 Å². The second-order valence-electron chi connectivity index (χ2n) is 5.66. The zero-order valence-electron chi connectivity index (χ0n) is 11.5. The molecule has 0 spiro atoms. The maximum absolute atomic E-state index is 12.5. The van der Waals surface area contributed by atoms with Gasteiger partial charge in [-0.15, -0.1) is 0 Å². The normalized spacial score (nSPS) is 26.2. The van der Waals surface area contributed by atoms with Gasteiger partial charge in [-0.25, -0.2) is 0 Å². The van der Waals surface area contributed by atoms with E-state index in [0.717, 1.165) is 0 Å². The fraction of sp³-hybridized carbons (Fsp3) is 1.00. The number of rotatable bonds is 4. The summed E-state index contributed by atoms with van der Waals surface area (Å²) in [7, 11) is 0. The Morgan fingerprint density at radius 3 is 2.10 bits per heavy atom. The minimum absolute atomic E-state index is 0.0150. The molecular formula is C12H20F6N2. The summed E-state index contributed by atoms with van der Waals surface area (Å²) in [5.41, 5.74) is 0. The Hall–Kier alpha value is -0.500. The molecule has 2 nitrogen and oxygen atoms in total. The van der Waals surface area contributed by atoms with E-state index in [0.29, 0.717) is 6.54 Å². The summed E-state index contributed by atoms with van der Waals surface area (Å²) >= 11 is 0. The highest BCUT2D eigenvalue weighted by molar-refractivity contribution is 4.86. The third-order valence-electron chi connectivity index (χ3n) is 3.41. The molecule has 2 unspecified atom stereocenters. The van der Waals surface area contributed by atoms with Crippen molar-refractivity contribution in [3.63, 3.8) is 0 Å². The van der Waals surface area contributed by atoms with E-state index in [2.05, 4.69) is 5.32 Å². The minimum atomic E-state index is -4.35. The number of hydrogen-bond acceptors (Lipinski definition) is 2. The molecule has 1 heterocycles. The SMILES string of the molecule is CC(C)N1CC(CC(F)(F)F)CC(NCC(F)(F)F)C1. The quantitative estimate of drug-likeness (QED) is 0.803. The molecule has 8 heteroatoms. The summed E-state index contributed by atoms with van der Waals surface area (Å²) in [5, 5.41) is 2.33. The summed E-state index contributed by atoms with van der Waals surface area (Å²) in [6.45, 7) is 3.12. The molecule has 1 aliphatic heterocycles. The highest BCUT2D eigenvalue weighted by Crippen LogP contribution is 2.31. The van der Waals surface area contributed by atoms with Crippen molar-refractivity contribution in [1.82, 2.24) is 10.2 Å². The predicted octanol–water partition coefficient (Wildman–Crippen LogP) is 3.19. The van der Waals surface area contributed by atoms with Crippen LogP contribution >= 0.6 is 0 Å². The molecular weight excluding hydrogens is 286 g/mol. The summed E-state index contributed by atoms with van der Waals surface area (Å²) in [6.07, 6.45) is -9.45. The van der Waals surface area contributed by atoms with Crippen molar-refractivity contribution >= 4 is 0 Å². The molecule has 0 saturated carbocycles. The summed E-state index contributed by atoms with van der Waals surface area (Å²) < 4.78 is 73.9. The van der Waals surface area contributed by atoms with Gasteiger partial charge in [0.2, 0.25) is 0 Å². The number of alkyl halides is 6. The Kier molecular flexibility index (Phi) is 5.71. The molecule has 1 aliphatic rings. The van der Waals surface area contributed by atoms with Gasteiger partial charge >= 0.3 is 12.4 Å². The third kappa shape index (κ3) is 6.78. The highest BCUT2D eigenvalue weighted by atomic mass is 19.4. The average Bonchev–Trinajstić information content (AvgIpc) is 2.22. The molecule has 120 valence electrons. The number of nitrogens with zero attached hydrogens (tertiary/aromatic N) is 1. The van der Waals surface area contributed by atoms with Gasteiger partial charge in [-0.3, -0.25) is 4.90 Å². The van der Waals surface area contributed by atoms with Crippen LogP contribution in [0.25, 0.3) is 0 Å². The maximum atomic E-state index is 12.5. The first-order chi connectivity index (χ1) is 8.96. The Morgan fingerprint density at radius 1 is 1.05 bits per heavy atom. The van der Waals surface area contributed by atoms with Crippen LogP contribution in [-0.2, 0) is 0 Å². The lowest BCUT2D eigenvalue weighted by Gasteiger charge is -2.40. The summed E-state index contributed by atoms with van der Waals surface area (Å²) in [6, 6.07) is -0.540. The zero-order chi connectivity index (χ0) is 15.6. The van der Waals surface area contributed by atoms with Crippen LogP contribution in [-0.4, -0.2) is 49.0 Å². The zero-order valence-corrected chi connectivity index (χ0v) is 11.5. The molecule has 0 aliphatic carbocycles. The van der Waals surface area contributed by atoms with E-state index < -0.39 is 37.3 Å². The molecule has 0 aromatic carbocycles. The van der Waals surface area contributed by atoms with E-state index in [4.69, 9.17) is 0 Å². The number of nitrogens with one attached hydrogen (secondary N) is 1. The van der Waals surface area contributed by atoms with Crippen LogP contribution in [0.4, 0.5) is 26.3 Å². The molecule has 1 saturated heterocycles. The fourth-order valence-electron chi connectivity index (χ4n) is 2.55. The first kappa shape index (κ1) is 17.6. The number of hydrogen-bond donors (Lipinski definition) is 1. The molecule has 1 rings (SSSR count).